The topological polar surface area (TPSA) is 57.8 Å². The number of fused-ring (bicyclic) bond motifs is 1. The zero-order valence-corrected chi connectivity index (χ0v) is 17.8. The minimum Gasteiger partial charge on any atom is -0.495 e. The molecule has 0 saturated carbocycles. The Balaban J connectivity index is 1.34. The van der Waals surface area contributed by atoms with E-state index >= 15 is 0 Å². The Morgan fingerprint density at radius 2 is 1.97 bits per heavy atom. The largest absolute Gasteiger partial charge is 0.495 e. The number of imidazole rings is 1. The van der Waals surface area contributed by atoms with Gasteiger partial charge in [-0.1, -0.05) is 42.5 Å². The van der Waals surface area contributed by atoms with Crippen molar-refractivity contribution in [2.45, 2.75) is 32.2 Å². The number of aromatic nitrogens is 5. The molecular weight excluding hydrogens is 386 g/mol. The van der Waals surface area contributed by atoms with E-state index in [1.165, 1.54) is 5.56 Å². The summed E-state index contributed by atoms with van der Waals surface area (Å²) in [6.07, 6.45) is 9.80. The summed E-state index contributed by atoms with van der Waals surface area (Å²) >= 11 is 0. The van der Waals surface area contributed by atoms with Crippen LogP contribution in [0.1, 0.15) is 40.8 Å². The van der Waals surface area contributed by atoms with Gasteiger partial charge in [-0.2, -0.15) is 5.10 Å². The standard InChI is InChI=1S/C25H25N5O/c1-18-16-29(17-26-18)22-10-8-19(14-23(22)31-2)9-11-24-27-25-15-21(12-13-30(25)28-24)20-6-4-3-5-7-20/h3-11,14,16-17,21H,12-13,15H2,1-2H3/b11-9+/t21-/m0/s1. The molecule has 6 nitrogen and oxygen atoms in total. The zero-order valence-electron chi connectivity index (χ0n) is 17.8. The monoisotopic (exact) mass is 411 g/mol. The number of hydrogen-bond donors (Lipinski definition) is 0. The summed E-state index contributed by atoms with van der Waals surface area (Å²) in [5.74, 6) is 3.11. The first-order chi connectivity index (χ1) is 15.2. The van der Waals surface area contributed by atoms with Crippen molar-refractivity contribution in [1.82, 2.24) is 24.3 Å². The zero-order chi connectivity index (χ0) is 21.2. The number of methoxy groups -OCH3 is 1. The number of nitrogens with zero attached hydrogens (tertiary/aromatic N) is 5. The van der Waals surface area contributed by atoms with Gasteiger partial charge in [0.15, 0.2) is 5.82 Å². The van der Waals surface area contributed by atoms with E-state index in [4.69, 9.17) is 9.72 Å². The second-order valence-electron chi connectivity index (χ2n) is 7.90. The average molecular weight is 412 g/mol. The third-order valence-electron chi connectivity index (χ3n) is 5.77. The molecule has 0 saturated heterocycles. The number of ether oxygens (including phenoxy) is 1. The van der Waals surface area contributed by atoms with Crippen molar-refractivity contribution in [3.8, 4) is 11.4 Å². The van der Waals surface area contributed by atoms with Crippen LogP contribution in [0.2, 0.25) is 0 Å². The third-order valence-corrected chi connectivity index (χ3v) is 5.77. The lowest BCUT2D eigenvalue weighted by Crippen LogP contribution is -2.19. The fourth-order valence-electron chi connectivity index (χ4n) is 4.14. The minimum absolute atomic E-state index is 0.512. The van der Waals surface area contributed by atoms with Crippen molar-refractivity contribution < 1.29 is 4.74 Å². The van der Waals surface area contributed by atoms with E-state index in [1.54, 1.807) is 13.4 Å². The van der Waals surface area contributed by atoms with Gasteiger partial charge in [-0.15, -0.1) is 0 Å². The molecule has 0 N–H and O–H groups in total. The lowest BCUT2D eigenvalue weighted by atomic mass is 9.90. The van der Waals surface area contributed by atoms with Crippen LogP contribution in [0.25, 0.3) is 17.8 Å². The van der Waals surface area contributed by atoms with E-state index in [-0.39, 0.29) is 0 Å². The molecule has 4 aromatic rings. The molecule has 1 atom stereocenters. The summed E-state index contributed by atoms with van der Waals surface area (Å²) in [7, 11) is 1.68. The van der Waals surface area contributed by atoms with E-state index in [0.717, 1.165) is 53.7 Å². The van der Waals surface area contributed by atoms with Crippen LogP contribution in [0, 0.1) is 6.92 Å². The maximum atomic E-state index is 5.60. The summed E-state index contributed by atoms with van der Waals surface area (Å²) in [5.41, 5.74) is 4.35. The Morgan fingerprint density at radius 1 is 1.10 bits per heavy atom. The van der Waals surface area contributed by atoms with E-state index in [0.29, 0.717) is 5.92 Å². The predicted molar refractivity (Wildman–Crippen MR) is 121 cm³/mol. The lowest BCUT2D eigenvalue weighted by molar-refractivity contribution is 0.413. The number of aryl methyl sites for hydroxylation is 2. The maximum Gasteiger partial charge on any atom is 0.174 e. The molecule has 0 unspecified atom stereocenters. The first-order valence-electron chi connectivity index (χ1n) is 10.6. The summed E-state index contributed by atoms with van der Waals surface area (Å²) in [6.45, 7) is 2.88. The smallest absolute Gasteiger partial charge is 0.174 e. The van der Waals surface area contributed by atoms with Gasteiger partial charge in [-0.25, -0.2) is 14.6 Å². The van der Waals surface area contributed by atoms with Gasteiger partial charge >= 0.3 is 0 Å². The molecule has 1 aliphatic rings. The molecule has 0 amide bonds. The highest BCUT2D eigenvalue weighted by Gasteiger charge is 2.22. The van der Waals surface area contributed by atoms with Gasteiger partial charge in [-0.3, -0.25) is 0 Å². The molecular formula is C25H25N5O. The van der Waals surface area contributed by atoms with Gasteiger partial charge in [0.25, 0.3) is 0 Å². The van der Waals surface area contributed by atoms with Crippen molar-refractivity contribution in [2.24, 2.45) is 0 Å². The van der Waals surface area contributed by atoms with Gasteiger partial charge in [0.1, 0.15) is 11.6 Å². The fraction of sp³-hybridized carbons (Fsp3) is 0.240. The normalized spacial score (nSPS) is 15.9. The van der Waals surface area contributed by atoms with Crippen molar-refractivity contribution in [3.63, 3.8) is 0 Å². The maximum absolute atomic E-state index is 5.60. The van der Waals surface area contributed by atoms with Crippen LogP contribution in [0.3, 0.4) is 0 Å². The number of hydrogen-bond acceptors (Lipinski definition) is 4. The van der Waals surface area contributed by atoms with Gasteiger partial charge in [0.05, 0.1) is 24.8 Å². The minimum atomic E-state index is 0.512. The van der Waals surface area contributed by atoms with E-state index < -0.39 is 0 Å². The quantitative estimate of drug-likeness (QED) is 0.478. The van der Waals surface area contributed by atoms with Crippen LogP contribution in [-0.4, -0.2) is 31.4 Å². The Labute approximate surface area is 181 Å². The van der Waals surface area contributed by atoms with Crippen LogP contribution < -0.4 is 4.74 Å². The number of benzene rings is 2. The summed E-state index contributed by atoms with van der Waals surface area (Å²) in [6, 6.07) is 16.8. The van der Waals surface area contributed by atoms with Crippen molar-refractivity contribution in [1.29, 1.82) is 0 Å². The van der Waals surface area contributed by atoms with Crippen LogP contribution in [-0.2, 0) is 13.0 Å². The molecule has 6 heteroatoms. The Morgan fingerprint density at radius 3 is 2.74 bits per heavy atom. The second-order valence-corrected chi connectivity index (χ2v) is 7.90. The molecule has 5 rings (SSSR count). The molecule has 0 aliphatic carbocycles. The molecule has 0 radical (unpaired) electrons. The molecule has 2 aromatic carbocycles. The SMILES string of the molecule is COc1cc(/C=C/c2nc3n(n2)CC[C@H](c2ccccc2)C3)ccc1-n1cnc(C)c1. The fourth-order valence-corrected chi connectivity index (χ4v) is 4.14. The Hall–Kier alpha value is -3.67. The van der Waals surface area contributed by atoms with Crippen molar-refractivity contribution in [3.05, 3.63) is 89.5 Å². The van der Waals surface area contributed by atoms with Gasteiger partial charge in [0, 0.05) is 19.2 Å². The molecule has 31 heavy (non-hydrogen) atoms. The Bertz CT molecular complexity index is 1220. The van der Waals surface area contributed by atoms with Gasteiger partial charge in [-0.05, 0) is 48.6 Å². The molecule has 2 aromatic heterocycles. The van der Waals surface area contributed by atoms with Crippen molar-refractivity contribution >= 4 is 12.2 Å². The summed E-state index contributed by atoms with van der Waals surface area (Å²) < 4.78 is 9.62. The molecule has 0 spiro atoms. The van der Waals surface area contributed by atoms with E-state index in [1.807, 2.05) is 46.7 Å². The lowest BCUT2D eigenvalue weighted by Gasteiger charge is -2.22. The summed E-state index contributed by atoms with van der Waals surface area (Å²) in [4.78, 5) is 9.07. The molecule has 1 aliphatic heterocycles. The molecule has 3 heterocycles. The van der Waals surface area contributed by atoms with E-state index in [9.17, 15) is 0 Å². The highest BCUT2D eigenvalue weighted by molar-refractivity contribution is 5.69. The van der Waals surface area contributed by atoms with Gasteiger partial charge in [0.2, 0.25) is 0 Å². The van der Waals surface area contributed by atoms with Crippen LogP contribution >= 0.6 is 0 Å². The summed E-state index contributed by atoms with van der Waals surface area (Å²) in [5, 5.41) is 4.68. The number of rotatable bonds is 5. The highest BCUT2D eigenvalue weighted by Crippen LogP contribution is 2.29. The van der Waals surface area contributed by atoms with Crippen molar-refractivity contribution in [2.75, 3.05) is 7.11 Å². The van der Waals surface area contributed by atoms with Crippen LogP contribution in [0.15, 0.2) is 61.1 Å². The first-order valence-corrected chi connectivity index (χ1v) is 10.6. The highest BCUT2D eigenvalue weighted by atomic mass is 16.5. The molecule has 0 bridgehead atoms. The van der Waals surface area contributed by atoms with E-state index in [2.05, 4.69) is 46.5 Å². The molecule has 0 fully saturated rings. The predicted octanol–water partition coefficient (Wildman–Crippen LogP) is 4.68. The first kappa shape index (κ1) is 19.3. The molecule has 156 valence electrons. The Kier molecular flexibility index (Phi) is 5.12. The van der Waals surface area contributed by atoms with Crippen LogP contribution in [0.4, 0.5) is 0 Å². The third kappa shape index (κ3) is 4.01. The van der Waals surface area contributed by atoms with Crippen LogP contribution in [0.5, 0.6) is 5.75 Å². The average Bonchev–Trinajstić information content (AvgIpc) is 3.43. The van der Waals surface area contributed by atoms with Gasteiger partial charge < -0.3 is 9.30 Å². The second kappa shape index (κ2) is 8.22.